The van der Waals surface area contributed by atoms with Crippen LogP contribution in [0.1, 0.15) is 0 Å². The molecule has 3 aromatic rings. The topological polar surface area (TPSA) is 142 Å². The lowest BCUT2D eigenvalue weighted by Crippen LogP contribution is -2.16. The number of nitro groups is 1. The Hall–Kier alpha value is -3.05. The van der Waals surface area contributed by atoms with Gasteiger partial charge in [0.2, 0.25) is 16.9 Å². The van der Waals surface area contributed by atoms with Gasteiger partial charge in [-0.15, -0.1) is 10.2 Å². The van der Waals surface area contributed by atoms with Gasteiger partial charge in [0, 0.05) is 12.1 Å². The quantitative estimate of drug-likeness (QED) is 0.281. The molecule has 26 heavy (non-hydrogen) atoms. The maximum atomic E-state index is 12.1. The van der Waals surface area contributed by atoms with Gasteiger partial charge in [-0.1, -0.05) is 23.4 Å². The molecule has 1 amide bonds. The molecule has 0 aliphatic carbocycles. The number of carbonyl (C=O) groups is 1. The summed E-state index contributed by atoms with van der Waals surface area (Å²) in [7, 11) is 0. The lowest BCUT2D eigenvalue weighted by Gasteiger charge is -2.07. The van der Waals surface area contributed by atoms with Gasteiger partial charge in [-0.25, -0.2) is 4.68 Å². The van der Waals surface area contributed by atoms with Crippen LogP contribution >= 0.6 is 23.4 Å². The Labute approximate surface area is 155 Å². The van der Waals surface area contributed by atoms with Crippen molar-refractivity contribution in [3.8, 4) is 11.6 Å². The number of nitrogen functional groups attached to an aromatic ring is 1. The largest absolute Gasteiger partial charge is 0.461 e. The number of nitrogens with two attached hydrogens (primary N) is 1. The summed E-state index contributed by atoms with van der Waals surface area (Å²) in [5.74, 6) is 6.18. The van der Waals surface area contributed by atoms with Crippen LogP contribution in [0.5, 0.6) is 0 Å². The van der Waals surface area contributed by atoms with E-state index in [4.69, 9.17) is 21.9 Å². The Bertz CT molecular complexity index is 959. The fourth-order valence-corrected chi connectivity index (χ4v) is 2.81. The molecule has 10 nitrogen and oxygen atoms in total. The highest BCUT2D eigenvalue weighted by molar-refractivity contribution is 7.99. The first-order chi connectivity index (χ1) is 12.5. The summed E-state index contributed by atoms with van der Waals surface area (Å²) < 4.78 is 6.41. The van der Waals surface area contributed by atoms with Crippen molar-refractivity contribution in [2.75, 3.05) is 16.9 Å². The summed E-state index contributed by atoms with van der Waals surface area (Å²) in [4.78, 5) is 22.3. The molecule has 0 fully saturated rings. The number of nitrogens with zero attached hydrogens (tertiary/aromatic N) is 4. The molecule has 0 aliphatic rings. The molecule has 0 bridgehead atoms. The van der Waals surface area contributed by atoms with E-state index >= 15 is 0 Å². The van der Waals surface area contributed by atoms with Crippen molar-refractivity contribution in [3.63, 3.8) is 0 Å². The average Bonchev–Trinajstić information content (AvgIpc) is 3.24. The number of benzene rings is 1. The molecule has 0 spiro atoms. The fraction of sp³-hybridized carbons (Fsp3) is 0.0714. The van der Waals surface area contributed by atoms with Crippen LogP contribution < -0.4 is 11.2 Å². The van der Waals surface area contributed by atoms with Crippen LogP contribution in [-0.4, -0.2) is 31.5 Å². The van der Waals surface area contributed by atoms with Crippen molar-refractivity contribution < 1.29 is 14.1 Å². The van der Waals surface area contributed by atoms with Gasteiger partial charge in [0.05, 0.1) is 27.6 Å². The minimum Gasteiger partial charge on any atom is -0.461 e. The van der Waals surface area contributed by atoms with E-state index in [0.29, 0.717) is 16.7 Å². The van der Waals surface area contributed by atoms with Gasteiger partial charge in [0.1, 0.15) is 0 Å². The number of anilines is 1. The molecule has 0 saturated heterocycles. The lowest BCUT2D eigenvalue weighted by atomic mass is 10.3. The first kappa shape index (κ1) is 17.8. The van der Waals surface area contributed by atoms with E-state index in [-0.39, 0.29) is 22.2 Å². The van der Waals surface area contributed by atoms with Gasteiger partial charge >= 0.3 is 0 Å². The van der Waals surface area contributed by atoms with Crippen LogP contribution in [0.25, 0.3) is 11.6 Å². The van der Waals surface area contributed by atoms with E-state index in [1.54, 1.807) is 12.1 Å². The first-order valence-electron chi connectivity index (χ1n) is 7.06. The number of thioether (sulfide) groups is 1. The molecule has 3 rings (SSSR count). The number of hydrogen-bond acceptors (Lipinski definition) is 8. The average molecular weight is 395 g/mol. The summed E-state index contributed by atoms with van der Waals surface area (Å²) in [6.07, 6.45) is 1.48. The highest BCUT2D eigenvalue weighted by Gasteiger charge is 2.16. The van der Waals surface area contributed by atoms with E-state index in [1.807, 2.05) is 0 Å². The van der Waals surface area contributed by atoms with E-state index < -0.39 is 10.8 Å². The second-order valence-corrected chi connectivity index (χ2v) is 6.26. The van der Waals surface area contributed by atoms with Crippen molar-refractivity contribution in [2.24, 2.45) is 0 Å². The van der Waals surface area contributed by atoms with E-state index in [2.05, 4.69) is 15.5 Å². The van der Waals surface area contributed by atoms with Crippen LogP contribution in [0.15, 0.2) is 46.2 Å². The van der Waals surface area contributed by atoms with Crippen LogP contribution in [0.4, 0.5) is 11.4 Å². The molecule has 134 valence electrons. The summed E-state index contributed by atoms with van der Waals surface area (Å²) in [6, 6.07) is 7.14. The van der Waals surface area contributed by atoms with Gasteiger partial charge in [0.15, 0.2) is 5.76 Å². The predicted octanol–water partition coefficient (Wildman–Crippen LogP) is 2.54. The lowest BCUT2D eigenvalue weighted by molar-refractivity contribution is -0.384. The highest BCUT2D eigenvalue weighted by atomic mass is 35.5. The number of non-ortho nitro benzene ring substituents is 1. The zero-order chi connectivity index (χ0) is 18.7. The Morgan fingerprint density at radius 3 is 2.92 bits per heavy atom. The zero-order valence-electron chi connectivity index (χ0n) is 13.0. The second-order valence-electron chi connectivity index (χ2n) is 4.91. The molecule has 0 unspecified atom stereocenters. The summed E-state index contributed by atoms with van der Waals surface area (Å²) in [5.41, 5.74) is -0.0286. The Morgan fingerprint density at radius 2 is 2.23 bits per heavy atom. The molecule has 12 heteroatoms. The van der Waals surface area contributed by atoms with Crippen LogP contribution in [-0.2, 0) is 4.79 Å². The maximum absolute atomic E-state index is 12.1. The SMILES string of the molecule is Nn1c(SCC(=O)Nc2cc([N+](=O)[O-])ccc2Cl)nnc1-c1ccco1. The van der Waals surface area contributed by atoms with Crippen molar-refractivity contribution in [2.45, 2.75) is 5.16 Å². The summed E-state index contributed by atoms with van der Waals surface area (Å²) >= 11 is 6.99. The maximum Gasteiger partial charge on any atom is 0.271 e. The van der Waals surface area contributed by atoms with E-state index in [1.165, 1.54) is 29.1 Å². The predicted molar refractivity (Wildman–Crippen MR) is 95.3 cm³/mol. The molecule has 2 heterocycles. The number of hydrogen-bond donors (Lipinski definition) is 2. The van der Waals surface area contributed by atoms with E-state index in [0.717, 1.165) is 11.8 Å². The number of nitro benzene ring substituents is 1. The number of amides is 1. The zero-order valence-corrected chi connectivity index (χ0v) is 14.5. The van der Waals surface area contributed by atoms with E-state index in [9.17, 15) is 14.9 Å². The molecule has 3 N–H and O–H groups in total. The second kappa shape index (κ2) is 7.45. The number of rotatable bonds is 6. The smallest absolute Gasteiger partial charge is 0.271 e. The highest BCUT2D eigenvalue weighted by Crippen LogP contribution is 2.27. The number of aromatic nitrogens is 3. The molecular weight excluding hydrogens is 384 g/mol. The van der Waals surface area contributed by atoms with Gasteiger partial charge in [-0.3, -0.25) is 14.9 Å². The Balaban J connectivity index is 1.65. The molecule has 0 saturated carbocycles. The third-order valence-electron chi connectivity index (χ3n) is 3.17. The summed E-state index contributed by atoms with van der Waals surface area (Å²) in [5, 5.41) is 21.6. The molecule has 0 radical (unpaired) electrons. The molecule has 1 aromatic carbocycles. The third-order valence-corrected chi connectivity index (χ3v) is 4.45. The molecule has 0 atom stereocenters. The minimum absolute atomic E-state index is 0.0491. The summed E-state index contributed by atoms with van der Waals surface area (Å²) in [6.45, 7) is 0. The van der Waals surface area contributed by atoms with Gasteiger partial charge in [0.25, 0.3) is 5.69 Å². The van der Waals surface area contributed by atoms with Gasteiger partial charge in [-0.05, 0) is 18.2 Å². The van der Waals surface area contributed by atoms with Gasteiger partial charge in [-0.2, -0.15) is 0 Å². The third kappa shape index (κ3) is 3.78. The van der Waals surface area contributed by atoms with Gasteiger partial charge < -0.3 is 15.6 Å². The first-order valence-corrected chi connectivity index (χ1v) is 8.43. The minimum atomic E-state index is -0.576. The van der Waals surface area contributed by atoms with Crippen LogP contribution in [0, 0.1) is 10.1 Å². The van der Waals surface area contributed by atoms with Crippen molar-refractivity contribution in [3.05, 3.63) is 51.7 Å². The Morgan fingerprint density at radius 1 is 1.42 bits per heavy atom. The Kier molecular flexibility index (Phi) is 5.09. The van der Waals surface area contributed by atoms with Crippen LogP contribution in [0.2, 0.25) is 5.02 Å². The number of furan rings is 1. The number of carbonyl (C=O) groups excluding carboxylic acids is 1. The molecular formula is C14H11ClN6O4S. The number of nitrogens with one attached hydrogen (secondary N) is 1. The van der Waals surface area contributed by atoms with Crippen LogP contribution in [0.3, 0.4) is 0 Å². The monoisotopic (exact) mass is 394 g/mol. The molecule has 2 aromatic heterocycles. The molecule has 0 aliphatic heterocycles. The standard InChI is InChI=1S/C14H11ClN6O4S/c15-9-4-3-8(21(23)24)6-10(9)17-12(22)7-26-14-19-18-13(20(14)16)11-2-1-5-25-11/h1-6H,7,16H2,(H,17,22). The van der Waals surface area contributed by atoms with Crippen molar-refractivity contribution in [1.29, 1.82) is 0 Å². The number of halogens is 1. The van der Waals surface area contributed by atoms with Crippen molar-refractivity contribution >= 4 is 40.6 Å². The normalized spacial score (nSPS) is 10.7. The fourth-order valence-electron chi connectivity index (χ4n) is 1.99. The van der Waals surface area contributed by atoms with Crippen molar-refractivity contribution in [1.82, 2.24) is 14.9 Å².